The second kappa shape index (κ2) is 5.90. The molecule has 1 N–H and O–H groups in total. The predicted octanol–water partition coefficient (Wildman–Crippen LogP) is 3.09. The topological polar surface area (TPSA) is 45.5 Å². The highest BCUT2D eigenvalue weighted by atomic mass is 16.3. The number of likely N-dealkylation sites (N-methyl/N-ethyl adjacent to an activating group) is 1. The minimum atomic E-state index is 0.0901. The van der Waals surface area contributed by atoms with Gasteiger partial charge in [0.25, 0.3) is 0 Å². The first-order valence-electron chi connectivity index (χ1n) is 7.69. The molecule has 2 aromatic rings. The average molecular weight is 286 g/mol. The van der Waals surface area contributed by atoms with E-state index in [1.54, 1.807) is 0 Å². The third-order valence-electron chi connectivity index (χ3n) is 4.10. The minimum absolute atomic E-state index is 0.0901. The molecule has 0 aliphatic heterocycles. The van der Waals surface area contributed by atoms with E-state index >= 15 is 0 Å². The first kappa shape index (κ1) is 14.1. The monoisotopic (exact) mass is 286 g/mol. The van der Waals surface area contributed by atoms with E-state index in [-0.39, 0.29) is 11.9 Å². The van der Waals surface area contributed by atoms with Crippen LogP contribution in [0.1, 0.15) is 38.5 Å². The first-order chi connectivity index (χ1) is 10.2. The number of para-hydroxylation sites is 1. The molecule has 1 saturated carbocycles. The Hall–Kier alpha value is -1.81. The molecular formula is C17H22N2O2. The van der Waals surface area contributed by atoms with Crippen LogP contribution >= 0.6 is 0 Å². The Bertz CT molecular complexity index is 598. The molecule has 1 atom stereocenters. The van der Waals surface area contributed by atoms with Gasteiger partial charge in [-0.15, -0.1) is 0 Å². The van der Waals surface area contributed by atoms with Gasteiger partial charge in [-0.3, -0.25) is 9.69 Å². The Morgan fingerprint density at radius 3 is 2.86 bits per heavy atom. The van der Waals surface area contributed by atoms with Gasteiger partial charge < -0.3 is 9.73 Å². The number of hydrogen-bond donors (Lipinski definition) is 1. The summed E-state index contributed by atoms with van der Waals surface area (Å²) in [7, 11) is 0. The zero-order chi connectivity index (χ0) is 14.8. The van der Waals surface area contributed by atoms with E-state index in [2.05, 4.69) is 30.1 Å². The Morgan fingerprint density at radius 2 is 2.19 bits per heavy atom. The van der Waals surface area contributed by atoms with Crippen LogP contribution in [-0.2, 0) is 4.79 Å². The van der Waals surface area contributed by atoms with Gasteiger partial charge in [0.15, 0.2) is 0 Å². The molecule has 0 saturated heterocycles. The summed E-state index contributed by atoms with van der Waals surface area (Å²) in [5, 5.41) is 4.15. The summed E-state index contributed by atoms with van der Waals surface area (Å²) < 4.78 is 5.91. The molecule has 1 unspecified atom stereocenters. The van der Waals surface area contributed by atoms with Crippen LogP contribution < -0.4 is 5.32 Å². The molecule has 0 radical (unpaired) electrons. The van der Waals surface area contributed by atoms with Crippen LogP contribution in [0.2, 0.25) is 0 Å². The summed E-state index contributed by atoms with van der Waals surface area (Å²) in [5.41, 5.74) is 0.901. The number of carbonyl (C=O) groups is 1. The average Bonchev–Trinajstić information content (AvgIpc) is 3.18. The van der Waals surface area contributed by atoms with Gasteiger partial charge in [-0.2, -0.15) is 0 Å². The first-order valence-corrected chi connectivity index (χ1v) is 7.69. The van der Waals surface area contributed by atoms with Crippen LogP contribution in [0.15, 0.2) is 34.7 Å². The van der Waals surface area contributed by atoms with Gasteiger partial charge in [-0.1, -0.05) is 25.1 Å². The number of nitrogens with one attached hydrogen (secondary N) is 1. The van der Waals surface area contributed by atoms with Gasteiger partial charge >= 0.3 is 0 Å². The normalized spacial score (nSPS) is 16.3. The van der Waals surface area contributed by atoms with Crippen LogP contribution in [0.3, 0.4) is 0 Å². The quantitative estimate of drug-likeness (QED) is 0.887. The minimum Gasteiger partial charge on any atom is -0.459 e. The maximum Gasteiger partial charge on any atom is 0.234 e. The molecule has 0 bridgehead atoms. The molecule has 4 heteroatoms. The molecule has 4 nitrogen and oxygen atoms in total. The highest BCUT2D eigenvalue weighted by Gasteiger charge is 2.26. The lowest BCUT2D eigenvalue weighted by Crippen LogP contribution is -2.39. The van der Waals surface area contributed by atoms with E-state index in [0.29, 0.717) is 12.6 Å². The summed E-state index contributed by atoms with van der Waals surface area (Å²) in [4.78, 5) is 14.1. The van der Waals surface area contributed by atoms with E-state index in [4.69, 9.17) is 4.42 Å². The Morgan fingerprint density at radius 1 is 1.43 bits per heavy atom. The fourth-order valence-electron chi connectivity index (χ4n) is 2.60. The number of carbonyl (C=O) groups excluding carboxylic acids is 1. The maximum atomic E-state index is 12.0. The lowest BCUT2D eigenvalue weighted by atomic mass is 10.2. The predicted molar refractivity (Wildman–Crippen MR) is 83.0 cm³/mol. The van der Waals surface area contributed by atoms with Crippen molar-refractivity contribution in [2.45, 2.75) is 38.8 Å². The van der Waals surface area contributed by atoms with Crippen molar-refractivity contribution in [1.29, 1.82) is 0 Å². The van der Waals surface area contributed by atoms with Gasteiger partial charge in [-0.05, 0) is 38.4 Å². The third kappa shape index (κ3) is 3.27. The largest absolute Gasteiger partial charge is 0.459 e. The highest BCUT2D eigenvalue weighted by Crippen LogP contribution is 2.27. The van der Waals surface area contributed by atoms with Crippen molar-refractivity contribution in [3.8, 4) is 0 Å². The highest BCUT2D eigenvalue weighted by molar-refractivity contribution is 5.79. The number of fused-ring (bicyclic) bond motifs is 1. The van der Waals surface area contributed by atoms with Crippen molar-refractivity contribution in [2.24, 2.45) is 0 Å². The Labute approximate surface area is 125 Å². The van der Waals surface area contributed by atoms with Crippen molar-refractivity contribution in [3.05, 3.63) is 36.1 Å². The molecule has 1 aliphatic rings. The van der Waals surface area contributed by atoms with Crippen molar-refractivity contribution < 1.29 is 9.21 Å². The zero-order valence-corrected chi connectivity index (χ0v) is 12.6. The van der Waals surface area contributed by atoms with E-state index in [9.17, 15) is 4.79 Å². The smallest absolute Gasteiger partial charge is 0.234 e. The van der Waals surface area contributed by atoms with Gasteiger partial charge in [0, 0.05) is 11.4 Å². The molecule has 1 aromatic carbocycles. The number of benzene rings is 1. The fraction of sp³-hybridized carbons (Fsp3) is 0.471. The van der Waals surface area contributed by atoms with Crippen LogP contribution in [0.5, 0.6) is 0 Å². The third-order valence-corrected chi connectivity index (χ3v) is 4.10. The van der Waals surface area contributed by atoms with Crippen LogP contribution in [0.4, 0.5) is 0 Å². The zero-order valence-electron chi connectivity index (χ0n) is 12.6. The van der Waals surface area contributed by atoms with E-state index in [1.165, 1.54) is 0 Å². The fourth-order valence-corrected chi connectivity index (χ4v) is 2.60. The lowest BCUT2D eigenvalue weighted by molar-refractivity contribution is -0.122. The molecule has 1 aromatic heterocycles. The van der Waals surface area contributed by atoms with Gasteiger partial charge in [-0.25, -0.2) is 0 Å². The van der Waals surface area contributed by atoms with Gasteiger partial charge in [0.05, 0.1) is 12.6 Å². The standard InChI is InChI=1S/C17H22N2O2/c1-3-19(11-17(20)18-14-8-9-14)12(2)16-10-13-6-4-5-7-15(13)21-16/h4-7,10,12,14H,3,8-9,11H2,1-2H3,(H,18,20). The molecule has 1 aliphatic carbocycles. The van der Waals surface area contributed by atoms with Crippen molar-refractivity contribution in [2.75, 3.05) is 13.1 Å². The summed E-state index contributed by atoms with van der Waals surface area (Å²) in [6, 6.07) is 10.6. The number of furan rings is 1. The van der Waals surface area contributed by atoms with Crippen molar-refractivity contribution >= 4 is 16.9 Å². The van der Waals surface area contributed by atoms with Crippen LogP contribution in [-0.4, -0.2) is 29.9 Å². The molecule has 1 heterocycles. The molecule has 3 rings (SSSR count). The number of hydrogen-bond acceptors (Lipinski definition) is 3. The SMILES string of the molecule is CCN(CC(=O)NC1CC1)C(C)c1cc2ccccc2o1. The second-order valence-corrected chi connectivity index (χ2v) is 5.77. The number of nitrogens with zero attached hydrogens (tertiary/aromatic N) is 1. The van der Waals surface area contributed by atoms with Gasteiger partial charge in [0.2, 0.25) is 5.91 Å². The van der Waals surface area contributed by atoms with E-state index in [0.717, 1.165) is 36.1 Å². The van der Waals surface area contributed by atoms with Crippen molar-refractivity contribution in [1.82, 2.24) is 10.2 Å². The van der Waals surface area contributed by atoms with E-state index < -0.39 is 0 Å². The summed E-state index contributed by atoms with van der Waals surface area (Å²) in [6.07, 6.45) is 2.24. The van der Waals surface area contributed by atoms with Crippen molar-refractivity contribution in [3.63, 3.8) is 0 Å². The van der Waals surface area contributed by atoms with Crippen LogP contribution in [0.25, 0.3) is 11.0 Å². The Kier molecular flexibility index (Phi) is 3.97. The van der Waals surface area contributed by atoms with E-state index in [1.807, 2.05) is 24.3 Å². The summed E-state index contributed by atoms with van der Waals surface area (Å²) in [6.45, 7) is 5.40. The Balaban J connectivity index is 1.70. The van der Waals surface area contributed by atoms with Gasteiger partial charge in [0.1, 0.15) is 11.3 Å². The lowest BCUT2D eigenvalue weighted by Gasteiger charge is -2.25. The molecule has 0 spiro atoms. The molecule has 21 heavy (non-hydrogen) atoms. The summed E-state index contributed by atoms with van der Waals surface area (Å²) >= 11 is 0. The molecule has 112 valence electrons. The second-order valence-electron chi connectivity index (χ2n) is 5.77. The number of amides is 1. The van der Waals surface area contributed by atoms with Crippen LogP contribution in [0, 0.1) is 0 Å². The molecule has 1 fully saturated rings. The molecule has 1 amide bonds. The number of rotatable bonds is 6. The molecular weight excluding hydrogens is 264 g/mol. The maximum absolute atomic E-state index is 12.0. The summed E-state index contributed by atoms with van der Waals surface area (Å²) in [5.74, 6) is 1.03.